The molecule has 0 bridgehead atoms. The van der Waals surface area contributed by atoms with Crippen LogP contribution in [0.5, 0.6) is 0 Å². The molecule has 3 N–H and O–H groups in total. The van der Waals surface area contributed by atoms with E-state index >= 15 is 0 Å². The highest BCUT2D eigenvalue weighted by Crippen LogP contribution is 2.16. The first-order valence-electron chi connectivity index (χ1n) is 5.36. The van der Waals surface area contributed by atoms with Gasteiger partial charge in [0.15, 0.2) is 6.23 Å². The lowest BCUT2D eigenvalue weighted by molar-refractivity contribution is 0.0690. The Bertz CT molecular complexity index is 526. The van der Waals surface area contributed by atoms with Crippen LogP contribution in [0, 0.1) is 0 Å². The number of aliphatic hydroxyl groups excluding tert-OH is 1. The predicted molar refractivity (Wildman–Crippen MR) is 66.2 cm³/mol. The Morgan fingerprint density at radius 3 is 2.44 bits per heavy atom. The second-order valence-corrected chi connectivity index (χ2v) is 3.69. The average molecular weight is 244 g/mol. The van der Waals surface area contributed by atoms with Crippen LogP contribution in [0.3, 0.4) is 0 Å². The Hall–Kier alpha value is -2.40. The zero-order valence-electron chi connectivity index (χ0n) is 9.45. The highest BCUT2D eigenvalue weighted by Gasteiger charge is 2.09. The first kappa shape index (κ1) is 12.1. The highest BCUT2D eigenvalue weighted by molar-refractivity contribution is 5.85. The Morgan fingerprint density at radius 1 is 1.17 bits per heavy atom. The lowest BCUT2D eigenvalue weighted by Crippen LogP contribution is -2.10. The van der Waals surface area contributed by atoms with Gasteiger partial charge in [0.2, 0.25) is 0 Å². The third kappa shape index (κ3) is 2.83. The molecule has 0 aliphatic carbocycles. The number of carbonyl (C=O) groups is 1. The molecule has 18 heavy (non-hydrogen) atoms. The summed E-state index contributed by atoms with van der Waals surface area (Å²) in [6, 6.07) is 12.1. The number of benzene rings is 1. The van der Waals surface area contributed by atoms with Gasteiger partial charge in [0, 0.05) is 17.4 Å². The van der Waals surface area contributed by atoms with E-state index in [9.17, 15) is 9.90 Å². The fourth-order valence-electron chi connectivity index (χ4n) is 1.47. The number of para-hydroxylation sites is 1. The highest BCUT2D eigenvalue weighted by atomic mass is 16.4. The molecule has 2 aromatic rings. The van der Waals surface area contributed by atoms with E-state index in [1.807, 2.05) is 30.3 Å². The standard InChI is InChI=1S/C13H12N2O3/c16-12(15-10-4-2-1-3-5-10)9-6-7-11(13(17)18)14-8-9/h1-8,12,15-16H,(H,17,18). The molecule has 1 atom stereocenters. The summed E-state index contributed by atoms with van der Waals surface area (Å²) in [5.41, 5.74) is 1.22. The van der Waals surface area contributed by atoms with E-state index in [1.165, 1.54) is 18.3 Å². The Labute approximate surface area is 104 Å². The molecule has 92 valence electrons. The van der Waals surface area contributed by atoms with Gasteiger partial charge < -0.3 is 15.5 Å². The number of aliphatic hydroxyl groups is 1. The molecule has 0 amide bonds. The van der Waals surface area contributed by atoms with Crippen molar-refractivity contribution in [2.45, 2.75) is 6.23 Å². The minimum absolute atomic E-state index is 0.0503. The summed E-state index contributed by atoms with van der Waals surface area (Å²) in [5, 5.41) is 21.5. The van der Waals surface area contributed by atoms with E-state index in [2.05, 4.69) is 10.3 Å². The third-order valence-corrected chi connectivity index (χ3v) is 2.40. The third-order valence-electron chi connectivity index (χ3n) is 2.40. The number of carboxylic acids is 1. The number of carboxylic acid groups (broad SMARTS) is 1. The largest absolute Gasteiger partial charge is 0.477 e. The normalized spacial score (nSPS) is 11.8. The Morgan fingerprint density at radius 2 is 1.89 bits per heavy atom. The van der Waals surface area contributed by atoms with E-state index in [0.717, 1.165) is 5.69 Å². The molecule has 5 heteroatoms. The second-order valence-electron chi connectivity index (χ2n) is 3.69. The summed E-state index contributed by atoms with van der Waals surface area (Å²) in [5.74, 6) is -1.09. The van der Waals surface area contributed by atoms with Gasteiger partial charge in [0.05, 0.1) is 0 Å². The van der Waals surface area contributed by atoms with Gasteiger partial charge in [-0.3, -0.25) is 0 Å². The quantitative estimate of drug-likeness (QED) is 0.715. The smallest absolute Gasteiger partial charge is 0.354 e. The number of nitrogens with one attached hydrogen (secondary N) is 1. The maximum absolute atomic E-state index is 10.6. The second kappa shape index (κ2) is 5.29. The van der Waals surface area contributed by atoms with Crippen molar-refractivity contribution in [3.8, 4) is 0 Å². The summed E-state index contributed by atoms with van der Waals surface area (Å²) in [6.45, 7) is 0. The maximum Gasteiger partial charge on any atom is 0.354 e. The van der Waals surface area contributed by atoms with Crippen LogP contribution in [0.4, 0.5) is 5.69 Å². The minimum atomic E-state index is -1.09. The predicted octanol–water partition coefficient (Wildman–Crippen LogP) is 1.88. The number of hydrogen-bond donors (Lipinski definition) is 3. The first-order valence-corrected chi connectivity index (χ1v) is 5.36. The van der Waals surface area contributed by atoms with Crippen LogP contribution in [0.25, 0.3) is 0 Å². The van der Waals surface area contributed by atoms with Crippen LogP contribution in [0.1, 0.15) is 22.3 Å². The SMILES string of the molecule is O=C(O)c1ccc(C(O)Nc2ccccc2)cn1. The van der Waals surface area contributed by atoms with Crippen LogP contribution in [0.15, 0.2) is 48.7 Å². The van der Waals surface area contributed by atoms with Crippen LogP contribution < -0.4 is 5.32 Å². The zero-order chi connectivity index (χ0) is 13.0. The summed E-state index contributed by atoms with van der Waals surface area (Å²) in [7, 11) is 0. The van der Waals surface area contributed by atoms with Crippen molar-refractivity contribution in [3.63, 3.8) is 0 Å². The monoisotopic (exact) mass is 244 g/mol. The molecule has 1 heterocycles. The van der Waals surface area contributed by atoms with E-state index < -0.39 is 12.2 Å². The Kier molecular flexibility index (Phi) is 3.54. The molecule has 1 aromatic carbocycles. The van der Waals surface area contributed by atoms with Crippen molar-refractivity contribution in [2.24, 2.45) is 0 Å². The molecule has 0 fully saturated rings. The summed E-state index contributed by atoms with van der Waals surface area (Å²) >= 11 is 0. The fourth-order valence-corrected chi connectivity index (χ4v) is 1.47. The van der Waals surface area contributed by atoms with Gasteiger partial charge in [-0.1, -0.05) is 24.3 Å². The molecule has 0 saturated carbocycles. The van der Waals surface area contributed by atoms with Crippen molar-refractivity contribution in [1.82, 2.24) is 4.98 Å². The van der Waals surface area contributed by atoms with Crippen LogP contribution in [-0.4, -0.2) is 21.2 Å². The van der Waals surface area contributed by atoms with E-state index in [0.29, 0.717) is 5.56 Å². The average Bonchev–Trinajstić information content (AvgIpc) is 2.40. The molecular formula is C13H12N2O3. The molecule has 0 aliphatic heterocycles. The first-order chi connectivity index (χ1) is 8.66. The molecule has 0 radical (unpaired) electrons. The molecular weight excluding hydrogens is 232 g/mol. The number of aromatic carboxylic acids is 1. The molecule has 0 saturated heterocycles. The van der Waals surface area contributed by atoms with Crippen molar-refractivity contribution in [3.05, 3.63) is 59.9 Å². The topological polar surface area (TPSA) is 82.5 Å². The van der Waals surface area contributed by atoms with Gasteiger partial charge in [-0.15, -0.1) is 0 Å². The van der Waals surface area contributed by atoms with E-state index in [4.69, 9.17) is 5.11 Å². The number of rotatable bonds is 4. The van der Waals surface area contributed by atoms with Gasteiger partial charge in [-0.2, -0.15) is 0 Å². The summed E-state index contributed by atoms with van der Waals surface area (Å²) in [6.07, 6.45) is 0.409. The van der Waals surface area contributed by atoms with Gasteiger partial charge in [0.25, 0.3) is 0 Å². The van der Waals surface area contributed by atoms with Crippen molar-refractivity contribution in [1.29, 1.82) is 0 Å². The number of anilines is 1. The number of pyridine rings is 1. The lowest BCUT2D eigenvalue weighted by Gasteiger charge is -2.14. The van der Waals surface area contributed by atoms with Crippen LogP contribution in [-0.2, 0) is 0 Å². The van der Waals surface area contributed by atoms with E-state index in [-0.39, 0.29) is 5.69 Å². The maximum atomic E-state index is 10.6. The van der Waals surface area contributed by atoms with Gasteiger partial charge >= 0.3 is 5.97 Å². The van der Waals surface area contributed by atoms with Crippen molar-refractivity contribution >= 4 is 11.7 Å². The molecule has 2 rings (SSSR count). The summed E-state index contributed by atoms with van der Waals surface area (Å²) in [4.78, 5) is 14.4. The zero-order valence-corrected chi connectivity index (χ0v) is 9.45. The minimum Gasteiger partial charge on any atom is -0.477 e. The molecule has 1 unspecified atom stereocenters. The molecule has 0 spiro atoms. The molecule has 0 aliphatic rings. The molecule has 1 aromatic heterocycles. The molecule has 5 nitrogen and oxygen atoms in total. The van der Waals surface area contributed by atoms with E-state index in [1.54, 1.807) is 0 Å². The van der Waals surface area contributed by atoms with Crippen LogP contribution in [0.2, 0.25) is 0 Å². The van der Waals surface area contributed by atoms with Crippen molar-refractivity contribution < 1.29 is 15.0 Å². The van der Waals surface area contributed by atoms with Gasteiger partial charge in [-0.25, -0.2) is 9.78 Å². The lowest BCUT2D eigenvalue weighted by atomic mass is 10.2. The van der Waals surface area contributed by atoms with Crippen LogP contribution >= 0.6 is 0 Å². The fraction of sp³-hybridized carbons (Fsp3) is 0.0769. The van der Waals surface area contributed by atoms with Crippen molar-refractivity contribution in [2.75, 3.05) is 5.32 Å². The summed E-state index contributed by atoms with van der Waals surface area (Å²) < 4.78 is 0. The number of aromatic nitrogens is 1. The number of hydrogen-bond acceptors (Lipinski definition) is 4. The Balaban J connectivity index is 2.09. The van der Waals surface area contributed by atoms with Gasteiger partial charge in [0.1, 0.15) is 5.69 Å². The van der Waals surface area contributed by atoms with Gasteiger partial charge in [-0.05, 0) is 18.2 Å². The number of nitrogens with zero attached hydrogens (tertiary/aromatic N) is 1.